The molecule has 0 aliphatic rings. The maximum absolute atomic E-state index is 12.0. The summed E-state index contributed by atoms with van der Waals surface area (Å²) in [5.74, 6) is 0.475. The molecule has 0 aliphatic carbocycles. The lowest BCUT2D eigenvalue weighted by Gasteiger charge is -2.23. The Hall–Kier alpha value is -1.82. The molecule has 0 radical (unpaired) electrons. The molecule has 102 valence electrons. The lowest BCUT2D eigenvalue weighted by atomic mass is 9.85. The molecular weight excluding hydrogens is 236 g/mol. The Morgan fingerprint density at radius 2 is 1.89 bits per heavy atom. The van der Waals surface area contributed by atoms with Crippen molar-refractivity contribution < 1.29 is 4.79 Å². The zero-order valence-electron chi connectivity index (χ0n) is 12.1. The SMILES string of the molecule is CC(C)C(CC(=O)NC(C)(C)C#N)c1ccccc1. The fourth-order valence-corrected chi connectivity index (χ4v) is 2.07. The molecule has 0 aromatic heterocycles. The molecule has 0 saturated carbocycles. The van der Waals surface area contributed by atoms with Gasteiger partial charge in [-0.05, 0) is 31.2 Å². The van der Waals surface area contributed by atoms with Crippen LogP contribution in [0.5, 0.6) is 0 Å². The minimum atomic E-state index is -0.810. The summed E-state index contributed by atoms with van der Waals surface area (Å²) in [6.07, 6.45) is 0.410. The first-order chi connectivity index (χ1) is 8.85. The van der Waals surface area contributed by atoms with Gasteiger partial charge in [-0.25, -0.2) is 0 Å². The highest BCUT2D eigenvalue weighted by Crippen LogP contribution is 2.27. The quantitative estimate of drug-likeness (QED) is 0.881. The molecule has 3 heteroatoms. The van der Waals surface area contributed by atoms with Gasteiger partial charge in [0.05, 0.1) is 6.07 Å². The van der Waals surface area contributed by atoms with E-state index in [0.717, 1.165) is 0 Å². The summed E-state index contributed by atoms with van der Waals surface area (Å²) < 4.78 is 0. The lowest BCUT2D eigenvalue weighted by molar-refractivity contribution is -0.122. The number of nitrogens with zero attached hydrogens (tertiary/aromatic N) is 1. The summed E-state index contributed by atoms with van der Waals surface area (Å²) in [7, 11) is 0. The van der Waals surface area contributed by atoms with Gasteiger partial charge in [-0.2, -0.15) is 5.26 Å². The van der Waals surface area contributed by atoms with Crippen molar-refractivity contribution in [2.24, 2.45) is 5.92 Å². The predicted octanol–water partition coefficient (Wildman–Crippen LogP) is 3.23. The number of nitriles is 1. The molecule has 1 rings (SSSR count). The van der Waals surface area contributed by atoms with E-state index in [-0.39, 0.29) is 11.8 Å². The molecule has 1 unspecified atom stereocenters. The van der Waals surface area contributed by atoms with E-state index < -0.39 is 5.54 Å². The Kier molecular flexibility index (Phi) is 5.11. The predicted molar refractivity (Wildman–Crippen MR) is 76.5 cm³/mol. The van der Waals surface area contributed by atoms with Crippen molar-refractivity contribution in [2.75, 3.05) is 0 Å². The molecule has 1 N–H and O–H groups in total. The van der Waals surface area contributed by atoms with Crippen LogP contribution in [0.25, 0.3) is 0 Å². The summed E-state index contributed by atoms with van der Waals surface area (Å²) in [6.45, 7) is 7.64. The normalized spacial score (nSPS) is 12.8. The second-order valence-electron chi connectivity index (χ2n) is 5.75. The number of rotatable bonds is 5. The van der Waals surface area contributed by atoms with E-state index in [1.165, 1.54) is 5.56 Å². The first-order valence-electron chi connectivity index (χ1n) is 6.63. The molecule has 1 aromatic rings. The summed E-state index contributed by atoms with van der Waals surface area (Å²) >= 11 is 0. The van der Waals surface area contributed by atoms with Gasteiger partial charge in [-0.1, -0.05) is 44.2 Å². The number of amides is 1. The van der Waals surface area contributed by atoms with Gasteiger partial charge >= 0.3 is 0 Å². The maximum atomic E-state index is 12.0. The smallest absolute Gasteiger partial charge is 0.221 e. The number of hydrogen-bond donors (Lipinski definition) is 1. The minimum Gasteiger partial charge on any atom is -0.338 e. The Morgan fingerprint density at radius 3 is 2.37 bits per heavy atom. The molecule has 1 aromatic carbocycles. The Morgan fingerprint density at radius 1 is 1.32 bits per heavy atom. The third-order valence-corrected chi connectivity index (χ3v) is 3.17. The van der Waals surface area contributed by atoms with Crippen LogP contribution in [-0.2, 0) is 4.79 Å². The van der Waals surface area contributed by atoms with Gasteiger partial charge in [-0.15, -0.1) is 0 Å². The van der Waals surface area contributed by atoms with Gasteiger partial charge in [0.2, 0.25) is 5.91 Å². The standard InChI is InChI=1S/C16H22N2O/c1-12(2)14(13-8-6-5-7-9-13)10-15(19)18-16(3,4)11-17/h5-9,12,14H,10H2,1-4H3,(H,18,19). The second kappa shape index (κ2) is 6.38. The average Bonchev–Trinajstić information content (AvgIpc) is 2.36. The maximum Gasteiger partial charge on any atom is 0.221 e. The second-order valence-corrected chi connectivity index (χ2v) is 5.75. The molecule has 19 heavy (non-hydrogen) atoms. The summed E-state index contributed by atoms with van der Waals surface area (Å²) in [4.78, 5) is 12.0. The number of carbonyl (C=O) groups excluding carboxylic acids is 1. The molecular formula is C16H22N2O. The van der Waals surface area contributed by atoms with E-state index in [1.54, 1.807) is 13.8 Å². The topological polar surface area (TPSA) is 52.9 Å². The summed E-state index contributed by atoms with van der Waals surface area (Å²) in [6, 6.07) is 12.1. The Balaban J connectivity index is 2.76. The van der Waals surface area contributed by atoms with E-state index in [1.807, 2.05) is 30.3 Å². The fraction of sp³-hybridized carbons (Fsp3) is 0.500. The van der Waals surface area contributed by atoms with Gasteiger partial charge in [0.15, 0.2) is 0 Å². The van der Waals surface area contributed by atoms with E-state index in [4.69, 9.17) is 5.26 Å². The van der Waals surface area contributed by atoms with Crippen LogP contribution in [0.1, 0.15) is 45.6 Å². The van der Waals surface area contributed by atoms with E-state index in [2.05, 4.69) is 25.2 Å². The van der Waals surface area contributed by atoms with Gasteiger partial charge in [0, 0.05) is 6.42 Å². The Bertz CT molecular complexity index is 457. The fourth-order valence-electron chi connectivity index (χ4n) is 2.07. The van der Waals surface area contributed by atoms with Gasteiger partial charge in [-0.3, -0.25) is 4.79 Å². The zero-order chi connectivity index (χ0) is 14.5. The molecule has 1 amide bonds. The third-order valence-electron chi connectivity index (χ3n) is 3.17. The zero-order valence-corrected chi connectivity index (χ0v) is 12.1. The lowest BCUT2D eigenvalue weighted by Crippen LogP contribution is -2.42. The van der Waals surface area contributed by atoms with Crippen LogP contribution in [0.2, 0.25) is 0 Å². The van der Waals surface area contributed by atoms with Crippen LogP contribution in [0.4, 0.5) is 0 Å². The third kappa shape index (κ3) is 4.75. The van der Waals surface area contributed by atoms with Crippen molar-refractivity contribution in [2.45, 2.75) is 45.6 Å². The first kappa shape index (κ1) is 15.2. The van der Waals surface area contributed by atoms with Crippen LogP contribution in [0.15, 0.2) is 30.3 Å². The van der Waals surface area contributed by atoms with Crippen molar-refractivity contribution in [3.63, 3.8) is 0 Å². The van der Waals surface area contributed by atoms with Crippen LogP contribution >= 0.6 is 0 Å². The van der Waals surface area contributed by atoms with E-state index in [0.29, 0.717) is 12.3 Å². The van der Waals surface area contributed by atoms with Crippen LogP contribution in [-0.4, -0.2) is 11.4 Å². The van der Waals surface area contributed by atoms with Gasteiger partial charge < -0.3 is 5.32 Å². The van der Waals surface area contributed by atoms with Gasteiger partial charge in [0.25, 0.3) is 0 Å². The van der Waals surface area contributed by atoms with Crippen molar-refractivity contribution in [3.05, 3.63) is 35.9 Å². The summed E-state index contributed by atoms with van der Waals surface area (Å²) in [5.41, 5.74) is 0.359. The number of benzene rings is 1. The monoisotopic (exact) mass is 258 g/mol. The van der Waals surface area contributed by atoms with Gasteiger partial charge in [0.1, 0.15) is 5.54 Å². The molecule has 0 spiro atoms. The molecule has 0 fully saturated rings. The molecule has 1 atom stereocenters. The highest BCUT2D eigenvalue weighted by atomic mass is 16.1. The van der Waals surface area contributed by atoms with Crippen LogP contribution in [0, 0.1) is 17.2 Å². The van der Waals surface area contributed by atoms with Crippen molar-refractivity contribution >= 4 is 5.91 Å². The summed E-state index contributed by atoms with van der Waals surface area (Å²) in [5, 5.41) is 11.7. The average molecular weight is 258 g/mol. The molecule has 0 saturated heterocycles. The van der Waals surface area contributed by atoms with Crippen molar-refractivity contribution in [1.82, 2.24) is 5.32 Å². The van der Waals surface area contributed by atoms with Crippen molar-refractivity contribution in [1.29, 1.82) is 5.26 Å². The van der Waals surface area contributed by atoms with E-state index in [9.17, 15) is 4.79 Å². The van der Waals surface area contributed by atoms with Crippen LogP contribution in [0.3, 0.4) is 0 Å². The molecule has 0 heterocycles. The highest BCUT2D eigenvalue weighted by Gasteiger charge is 2.24. The van der Waals surface area contributed by atoms with Crippen molar-refractivity contribution in [3.8, 4) is 6.07 Å². The molecule has 3 nitrogen and oxygen atoms in total. The highest BCUT2D eigenvalue weighted by molar-refractivity contribution is 5.78. The molecule has 0 bridgehead atoms. The first-order valence-corrected chi connectivity index (χ1v) is 6.63. The number of carbonyl (C=O) groups is 1. The largest absolute Gasteiger partial charge is 0.338 e. The number of nitrogens with one attached hydrogen (secondary N) is 1. The molecule has 0 aliphatic heterocycles. The van der Waals surface area contributed by atoms with Crippen LogP contribution < -0.4 is 5.32 Å². The Labute approximate surface area is 115 Å². The van der Waals surface area contributed by atoms with E-state index >= 15 is 0 Å². The number of hydrogen-bond acceptors (Lipinski definition) is 2. The minimum absolute atomic E-state index is 0.0749.